The van der Waals surface area contributed by atoms with Crippen molar-refractivity contribution in [2.24, 2.45) is 0 Å². The van der Waals surface area contributed by atoms with Crippen LogP contribution >= 0.6 is 0 Å². The molecule has 1 N–H and O–H groups in total. The minimum Gasteiger partial charge on any atom is -0.278 e. The Hall–Kier alpha value is -1.38. The molecule has 2 aromatic rings. The monoisotopic (exact) mass is 178 g/mol. The number of fused-ring (bicyclic) bond motifs is 1. The molecule has 0 saturated heterocycles. The molecule has 0 radical (unpaired) electrons. The molecule has 1 heterocycles. The van der Waals surface area contributed by atoms with E-state index in [0.29, 0.717) is 0 Å². The highest BCUT2D eigenvalue weighted by Gasteiger charge is 2.09. The van der Waals surface area contributed by atoms with Crippen LogP contribution in [0.25, 0.3) is 10.9 Å². The Bertz CT molecular complexity index is 445. The van der Waals surface area contributed by atoms with E-state index in [1.807, 2.05) is 6.92 Å². The lowest BCUT2D eigenvalue weighted by molar-refractivity contribution is 0.618. The molecule has 13 heavy (non-hydrogen) atoms. The standard InChI is InChI=1S/C10H11FN2/c1-3-8-6(2)9(11)4-7-5-12-13-10(7)8/h4-5H,3H2,1-2H3,(H,12,13). The lowest BCUT2D eigenvalue weighted by Crippen LogP contribution is -1.92. The van der Waals surface area contributed by atoms with Crippen LogP contribution in [0.2, 0.25) is 0 Å². The smallest absolute Gasteiger partial charge is 0.127 e. The second kappa shape index (κ2) is 2.83. The van der Waals surface area contributed by atoms with E-state index in [1.54, 1.807) is 13.1 Å². The van der Waals surface area contributed by atoms with E-state index in [9.17, 15) is 4.39 Å². The summed E-state index contributed by atoms with van der Waals surface area (Å²) >= 11 is 0. The van der Waals surface area contributed by atoms with E-state index >= 15 is 0 Å². The molecule has 3 heteroatoms. The van der Waals surface area contributed by atoms with E-state index in [1.165, 1.54) is 6.07 Å². The maximum Gasteiger partial charge on any atom is 0.127 e. The van der Waals surface area contributed by atoms with Crippen molar-refractivity contribution in [1.29, 1.82) is 0 Å². The molecule has 0 amide bonds. The molecule has 2 nitrogen and oxygen atoms in total. The predicted octanol–water partition coefficient (Wildman–Crippen LogP) is 2.57. The molecular weight excluding hydrogens is 167 g/mol. The van der Waals surface area contributed by atoms with Gasteiger partial charge in [-0.3, -0.25) is 5.10 Å². The molecule has 0 aliphatic rings. The molecule has 0 fully saturated rings. The van der Waals surface area contributed by atoms with Crippen molar-refractivity contribution >= 4 is 10.9 Å². The van der Waals surface area contributed by atoms with Crippen LogP contribution in [-0.4, -0.2) is 10.2 Å². The van der Waals surface area contributed by atoms with Crippen molar-refractivity contribution in [2.45, 2.75) is 20.3 Å². The Morgan fingerprint density at radius 3 is 3.00 bits per heavy atom. The van der Waals surface area contributed by atoms with E-state index in [0.717, 1.165) is 28.5 Å². The van der Waals surface area contributed by atoms with Gasteiger partial charge in [0.25, 0.3) is 0 Å². The minimum atomic E-state index is -0.147. The topological polar surface area (TPSA) is 28.7 Å². The van der Waals surface area contributed by atoms with Gasteiger partial charge < -0.3 is 0 Å². The number of aromatic nitrogens is 2. The van der Waals surface area contributed by atoms with Crippen molar-refractivity contribution in [3.05, 3.63) is 29.2 Å². The zero-order valence-electron chi connectivity index (χ0n) is 7.69. The first-order valence-electron chi connectivity index (χ1n) is 4.35. The highest BCUT2D eigenvalue weighted by atomic mass is 19.1. The zero-order chi connectivity index (χ0) is 9.42. The quantitative estimate of drug-likeness (QED) is 0.714. The van der Waals surface area contributed by atoms with Gasteiger partial charge in [-0.2, -0.15) is 5.10 Å². The Kier molecular flexibility index (Phi) is 1.79. The third-order valence-electron chi connectivity index (χ3n) is 2.42. The summed E-state index contributed by atoms with van der Waals surface area (Å²) in [4.78, 5) is 0. The third kappa shape index (κ3) is 1.11. The van der Waals surface area contributed by atoms with E-state index in [-0.39, 0.29) is 5.82 Å². The van der Waals surface area contributed by atoms with Crippen LogP contribution in [0.1, 0.15) is 18.1 Å². The highest BCUT2D eigenvalue weighted by Crippen LogP contribution is 2.22. The molecule has 0 bridgehead atoms. The van der Waals surface area contributed by atoms with Crippen LogP contribution < -0.4 is 0 Å². The summed E-state index contributed by atoms with van der Waals surface area (Å²) in [5, 5.41) is 7.64. The van der Waals surface area contributed by atoms with Gasteiger partial charge in [0.05, 0.1) is 11.7 Å². The van der Waals surface area contributed by atoms with Crippen LogP contribution in [0.3, 0.4) is 0 Å². The fourth-order valence-corrected chi connectivity index (χ4v) is 1.66. The number of hydrogen-bond donors (Lipinski definition) is 1. The maximum absolute atomic E-state index is 13.3. The molecule has 0 aliphatic carbocycles. The number of halogens is 1. The number of nitrogens with zero attached hydrogens (tertiary/aromatic N) is 1. The lowest BCUT2D eigenvalue weighted by atomic mass is 10.0. The number of H-pyrrole nitrogens is 1. The summed E-state index contributed by atoms with van der Waals surface area (Å²) in [6, 6.07) is 1.52. The molecular formula is C10H11FN2. The van der Waals surface area contributed by atoms with Crippen LogP contribution in [0.4, 0.5) is 4.39 Å². The Morgan fingerprint density at radius 1 is 1.54 bits per heavy atom. The van der Waals surface area contributed by atoms with Gasteiger partial charge in [-0.05, 0) is 30.5 Å². The molecule has 68 valence electrons. The van der Waals surface area contributed by atoms with Crippen molar-refractivity contribution < 1.29 is 4.39 Å². The summed E-state index contributed by atoms with van der Waals surface area (Å²) in [5.41, 5.74) is 2.70. The largest absolute Gasteiger partial charge is 0.278 e. The first-order chi connectivity index (χ1) is 6.24. The normalized spacial score (nSPS) is 11.0. The minimum absolute atomic E-state index is 0.147. The van der Waals surface area contributed by atoms with Gasteiger partial charge in [-0.1, -0.05) is 6.92 Å². The lowest BCUT2D eigenvalue weighted by Gasteiger charge is -2.04. The van der Waals surface area contributed by atoms with Crippen molar-refractivity contribution in [1.82, 2.24) is 10.2 Å². The third-order valence-corrected chi connectivity index (χ3v) is 2.42. The van der Waals surface area contributed by atoms with Gasteiger partial charge in [-0.15, -0.1) is 0 Å². The highest BCUT2D eigenvalue weighted by molar-refractivity contribution is 5.82. The average Bonchev–Trinajstić information content (AvgIpc) is 2.54. The van der Waals surface area contributed by atoms with Gasteiger partial charge in [0.15, 0.2) is 0 Å². The Balaban J connectivity index is 2.87. The second-order valence-corrected chi connectivity index (χ2v) is 3.15. The van der Waals surface area contributed by atoms with Crippen LogP contribution in [0.5, 0.6) is 0 Å². The summed E-state index contributed by atoms with van der Waals surface area (Å²) < 4.78 is 13.3. The molecule has 0 atom stereocenters. The number of aryl methyl sites for hydroxylation is 1. The number of rotatable bonds is 1. The maximum atomic E-state index is 13.3. The van der Waals surface area contributed by atoms with E-state index in [4.69, 9.17) is 0 Å². The van der Waals surface area contributed by atoms with Gasteiger partial charge in [0, 0.05) is 5.39 Å². The molecule has 0 unspecified atom stereocenters. The number of nitrogens with one attached hydrogen (secondary N) is 1. The van der Waals surface area contributed by atoms with Gasteiger partial charge in [0.1, 0.15) is 5.82 Å². The summed E-state index contributed by atoms with van der Waals surface area (Å²) in [7, 11) is 0. The fraction of sp³-hybridized carbons (Fsp3) is 0.300. The fourth-order valence-electron chi connectivity index (χ4n) is 1.66. The molecule has 1 aromatic carbocycles. The predicted molar refractivity (Wildman–Crippen MR) is 50.2 cm³/mol. The molecule has 0 aliphatic heterocycles. The zero-order valence-corrected chi connectivity index (χ0v) is 7.69. The first-order valence-corrected chi connectivity index (χ1v) is 4.35. The molecule has 1 aromatic heterocycles. The average molecular weight is 178 g/mol. The number of benzene rings is 1. The van der Waals surface area contributed by atoms with Gasteiger partial charge >= 0.3 is 0 Å². The Labute approximate surface area is 75.8 Å². The first kappa shape index (κ1) is 8.23. The second-order valence-electron chi connectivity index (χ2n) is 3.15. The number of aromatic amines is 1. The van der Waals surface area contributed by atoms with Crippen molar-refractivity contribution in [3.63, 3.8) is 0 Å². The Morgan fingerprint density at radius 2 is 2.31 bits per heavy atom. The van der Waals surface area contributed by atoms with E-state index in [2.05, 4.69) is 10.2 Å². The summed E-state index contributed by atoms with van der Waals surface area (Å²) in [6.45, 7) is 3.82. The SMILES string of the molecule is CCc1c(C)c(F)cc2cn[nH]c12. The summed E-state index contributed by atoms with van der Waals surface area (Å²) in [5.74, 6) is -0.147. The molecule has 0 saturated carbocycles. The van der Waals surface area contributed by atoms with E-state index < -0.39 is 0 Å². The van der Waals surface area contributed by atoms with Gasteiger partial charge in [-0.25, -0.2) is 4.39 Å². The van der Waals surface area contributed by atoms with Gasteiger partial charge in [0.2, 0.25) is 0 Å². The van der Waals surface area contributed by atoms with Crippen LogP contribution in [0.15, 0.2) is 12.3 Å². The molecule has 2 rings (SSSR count). The summed E-state index contributed by atoms with van der Waals surface area (Å²) in [6.07, 6.45) is 2.47. The number of hydrogen-bond acceptors (Lipinski definition) is 1. The molecule has 0 spiro atoms. The van der Waals surface area contributed by atoms with Crippen LogP contribution in [0, 0.1) is 12.7 Å². The van der Waals surface area contributed by atoms with Crippen molar-refractivity contribution in [2.75, 3.05) is 0 Å². The van der Waals surface area contributed by atoms with Crippen LogP contribution in [-0.2, 0) is 6.42 Å². The van der Waals surface area contributed by atoms with Crippen molar-refractivity contribution in [3.8, 4) is 0 Å².